The summed E-state index contributed by atoms with van der Waals surface area (Å²) in [6, 6.07) is 16.6. The molecule has 1 heterocycles. The van der Waals surface area contributed by atoms with Crippen molar-refractivity contribution in [2.45, 2.75) is 32.7 Å². The Labute approximate surface area is 163 Å². The molecule has 1 aliphatic heterocycles. The fraction of sp³-hybridized carbons (Fsp3) is 0.435. The Morgan fingerprint density at radius 3 is 2.11 bits per heavy atom. The van der Waals surface area contributed by atoms with Gasteiger partial charge in [0.2, 0.25) is 5.91 Å². The van der Waals surface area contributed by atoms with E-state index >= 15 is 0 Å². The Morgan fingerprint density at radius 1 is 0.926 bits per heavy atom. The van der Waals surface area contributed by atoms with Crippen molar-refractivity contribution in [3.63, 3.8) is 0 Å². The van der Waals surface area contributed by atoms with Crippen LogP contribution in [0.25, 0.3) is 0 Å². The third-order valence-corrected chi connectivity index (χ3v) is 5.25. The van der Waals surface area contributed by atoms with Crippen LogP contribution in [-0.2, 0) is 17.8 Å². The van der Waals surface area contributed by atoms with Gasteiger partial charge in [-0.05, 0) is 41.8 Å². The normalized spacial score (nSPS) is 15.9. The monoisotopic (exact) mass is 365 g/mol. The Morgan fingerprint density at radius 2 is 1.52 bits per heavy atom. The average Bonchev–Trinajstić information content (AvgIpc) is 2.65. The van der Waals surface area contributed by atoms with Crippen LogP contribution in [0.3, 0.4) is 0 Å². The van der Waals surface area contributed by atoms with Crippen molar-refractivity contribution in [3.05, 3.63) is 65.2 Å². The number of hydrogen-bond acceptors (Lipinski definition) is 3. The van der Waals surface area contributed by atoms with Crippen molar-refractivity contribution in [1.82, 2.24) is 9.80 Å². The van der Waals surface area contributed by atoms with E-state index in [1.807, 2.05) is 24.3 Å². The van der Waals surface area contributed by atoms with Gasteiger partial charge in [0.1, 0.15) is 0 Å². The van der Waals surface area contributed by atoms with E-state index in [-0.39, 0.29) is 5.91 Å². The minimum absolute atomic E-state index is 0.0270. The number of nitrogens with one attached hydrogen (secondary N) is 1. The van der Waals surface area contributed by atoms with Crippen LogP contribution in [0.15, 0.2) is 48.5 Å². The summed E-state index contributed by atoms with van der Waals surface area (Å²) in [4.78, 5) is 17.2. The van der Waals surface area contributed by atoms with Crippen LogP contribution in [0, 0.1) is 0 Å². The smallest absolute Gasteiger partial charge is 0.228 e. The molecule has 0 aromatic heterocycles. The summed E-state index contributed by atoms with van der Waals surface area (Å²) in [5.41, 5.74) is 4.50. The second-order valence-corrected chi connectivity index (χ2v) is 7.90. The van der Waals surface area contributed by atoms with E-state index < -0.39 is 0 Å². The van der Waals surface area contributed by atoms with Crippen LogP contribution in [0.4, 0.5) is 5.69 Å². The van der Waals surface area contributed by atoms with Gasteiger partial charge in [-0.1, -0.05) is 50.2 Å². The van der Waals surface area contributed by atoms with Crippen molar-refractivity contribution < 1.29 is 4.79 Å². The van der Waals surface area contributed by atoms with E-state index in [9.17, 15) is 4.79 Å². The molecule has 0 spiro atoms. The Kier molecular flexibility index (Phi) is 6.64. The van der Waals surface area contributed by atoms with Gasteiger partial charge in [0.15, 0.2) is 0 Å². The van der Waals surface area contributed by atoms with Crippen LogP contribution in [0.5, 0.6) is 0 Å². The lowest BCUT2D eigenvalue weighted by Gasteiger charge is -2.32. The molecule has 1 aliphatic rings. The second-order valence-electron chi connectivity index (χ2n) is 7.90. The Balaban J connectivity index is 1.49. The topological polar surface area (TPSA) is 35.6 Å². The highest BCUT2D eigenvalue weighted by molar-refractivity contribution is 5.92. The van der Waals surface area contributed by atoms with E-state index in [0.29, 0.717) is 12.3 Å². The molecule has 0 unspecified atom stereocenters. The molecule has 1 amide bonds. The molecular formula is C23H31N3O. The van der Waals surface area contributed by atoms with Crippen LogP contribution >= 0.6 is 0 Å². The molecule has 144 valence electrons. The van der Waals surface area contributed by atoms with Gasteiger partial charge in [-0.15, -0.1) is 0 Å². The summed E-state index contributed by atoms with van der Waals surface area (Å²) in [5, 5.41) is 3.01. The van der Waals surface area contributed by atoms with Gasteiger partial charge in [0.05, 0.1) is 6.42 Å². The molecule has 0 atom stereocenters. The highest BCUT2D eigenvalue weighted by atomic mass is 16.1. The first-order valence-corrected chi connectivity index (χ1v) is 9.88. The van der Waals surface area contributed by atoms with E-state index in [1.54, 1.807) is 0 Å². The van der Waals surface area contributed by atoms with E-state index in [0.717, 1.165) is 44.0 Å². The van der Waals surface area contributed by atoms with Crippen molar-refractivity contribution in [3.8, 4) is 0 Å². The fourth-order valence-electron chi connectivity index (χ4n) is 3.37. The first-order valence-electron chi connectivity index (χ1n) is 9.88. The second kappa shape index (κ2) is 9.16. The van der Waals surface area contributed by atoms with Gasteiger partial charge in [-0.2, -0.15) is 0 Å². The number of carbonyl (C=O) groups is 1. The maximum atomic E-state index is 12.3. The maximum Gasteiger partial charge on any atom is 0.228 e. The summed E-state index contributed by atoms with van der Waals surface area (Å²) >= 11 is 0. The largest absolute Gasteiger partial charge is 0.326 e. The molecule has 2 aromatic carbocycles. The van der Waals surface area contributed by atoms with Gasteiger partial charge in [-0.25, -0.2) is 0 Å². The summed E-state index contributed by atoms with van der Waals surface area (Å²) in [7, 11) is 2.17. The standard InChI is InChI=1S/C23H31N3O/c1-18(2)21-8-4-19(5-9-21)16-23(27)24-22-10-6-20(7-11-22)17-26-14-12-25(3)13-15-26/h4-11,18H,12-17H2,1-3H3,(H,24,27). The molecular weight excluding hydrogens is 334 g/mol. The average molecular weight is 366 g/mol. The molecule has 0 saturated carbocycles. The van der Waals surface area contributed by atoms with E-state index in [4.69, 9.17) is 0 Å². The van der Waals surface area contributed by atoms with Crippen molar-refractivity contribution >= 4 is 11.6 Å². The van der Waals surface area contributed by atoms with Gasteiger partial charge in [0.25, 0.3) is 0 Å². The Bertz CT molecular complexity index is 729. The molecule has 0 radical (unpaired) electrons. The molecule has 0 aliphatic carbocycles. The summed E-state index contributed by atoms with van der Waals surface area (Å²) < 4.78 is 0. The number of piperazine rings is 1. The van der Waals surface area contributed by atoms with E-state index in [1.165, 1.54) is 11.1 Å². The van der Waals surface area contributed by atoms with Crippen LogP contribution in [0.1, 0.15) is 36.5 Å². The van der Waals surface area contributed by atoms with Gasteiger partial charge < -0.3 is 10.2 Å². The third kappa shape index (κ3) is 5.91. The number of nitrogens with zero attached hydrogens (tertiary/aromatic N) is 2. The number of carbonyl (C=O) groups excluding carboxylic acids is 1. The number of hydrogen-bond donors (Lipinski definition) is 1. The van der Waals surface area contributed by atoms with Crippen LogP contribution in [-0.4, -0.2) is 48.9 Å². The quantitative estimate of drug-likeness (QED) is 0.847. The van der Waals surface area contributed by atoms with Crippen LogP contribution in [0.2, 0.25) is 0 Å². The predicted molar refractivity (Wildman–Crippen MR) is 112 cm³/mol. The zero-order valence-corrected chi connectivity index (χ0v) is 16.7. The number of benzene rings is 2. The highest BCUT2D eigenvalue weighted by Crippen LogP contribution is 2.16. The van der Waals surface area contributed by atoms with Crippen molar-refractivity contribution in [1.29, 1.82) is 0 Å². The Hall–Kier alpha value is -2.17. The fourth-order valence-corrected chi connectivity index (χ4v) is 3.37. The minimum atomic E-state index is 0.0270. The molecule has 4 nitrogen and oxygen atoms in total. The summed E-state index contributed by atoms with van der Waals surface area (Å²) in [6.45, 7) is 9.82. The molecule has 1 fully saturated rings. The van der Waals surface area contributed by atoms with E-state index in [2.05, 4.69) is 60.3 Å². The number of anilines is 1. The molecule has 3 rings (SSSR count). The molecule has 1 saturated heterocycles. The van der Waals surface area contributed by atoms with Gasteiger partial charge in [-0.3, -0.25) is 9.69 Å². The van der Waals surface area contributed by atoms with Crippen LogP contribution < -0.4 is 5.32 Å². The molecule has 4 heteroatoms. The first-order chi connectivity index (χ1) is 13.0. The summed E-state index contributed by atoms with van der Waals surface area (Å²) in [6.07, 6.45) is 0.404. The lowest BCUT2D eigenvalue weighted by Crippen LogP contribution is -2.43. The molecule has 0 bridgehead atoms. The SMILES string of the molecule is CC(C)c1ccc(CC(=O)Nc2ccc(CN3CCN(C)CC3)cc2)cc1. The highest BCUT2D eigenvalue weighted by Gasteiger charge is 2.13. The maximum absolute atomic E-state index is 12.3. The first kappa shape index (κ1) is 19.6. The zero-order valence-electron chi connectivity index (χ0n) is 16.7. The van der Waals surface area contributed by atoms with Crippen molar-refractivity contribution in [2.75, 3.05) is 38.5 Å². The number of amides is 1. The lowest BCUT2D eigenvalue weighted by molar-refractivity contribution is -0.115. The zero-order chi connectivity index (χ0) is 19.2. The summed E-state index contributed by atoms with van der Waals surface area (Å²) in [5.74, 6) is 0.538. The molecule has 27 heavy (non-hydrogen) atoms. The predicted octanol–water partition coefficient (Wildman–Crippen LogP) is 3.74. The van der Waals surface area contributed by atoms with Crippen molar-refractivity contribution in [2.24, 2.45) is 0 Å². The minimum Gasteiger partial charge on any atom is -0.326 e. The van der Waals surface area contributed by atoms with Gasteiger partial charge in [0, 0.05) is 38.4 Å². The molecule has 1 N–H and O–H groups in total. The number of rotatable bonds is 6. The third-order valence-electron chi connectivity index (χ3n) is 5.25. The lowest BCUT2D eigenvalue weighted by atomic mass is 10.0. The number of likely N-dealkylation sites (N-methyl/N-ethyl adjacent to an activating group) is 1. The molecule has 2 aromatic rings. The van der Waals surface area contributed by atoms with Gasteiger partial charge >= 0.3 is 0 Å².